The summed E-state index contributed by atoms with van der Waals surface area (Å²) in [5.74, 6) is -0.213. The molecule has 1 unspecified atom stereocenters. The van der Waals surface area contributed by atoms with Crippen molar-refractivity contribution in [3.8, 4) is 0 Å². The maximum atomic E-state index is 11.5. The van der Waals surface area contributed by atoms with E-state index in [1.807, 2.05) is 6.92 Å². The molecule has 0 aromatic rings. The number of nitrogens with one attached hydrogen (secondary N) is 3. The Balaban J connectivity index is 3.67. The average molecular weight is 243 g/mol. The molecular weight excluding hydrogens is 218 g/mol. The molecule has 5 heteroatoms. The van der Waals surface area contributed by atoms with Crippen molar-refractivity contribution in [1.82, 2.24) is 16.0 Å². The van der Waals surface area contributed by atoms with Gasteiger partial charge in [0, 0.05) is 19.0 Å². The van der Waals surface area contributed by atoms with Gasteiger partial charge in [-0.1, -0.05) is 13.8 Å². The summed E-state index contributed by atoms with van der Waals surface area (Å²) < 4.78 is 0. The highest BCUT2D eigenvalue weighted by atomic mass is 16.2. The molecule has 3 N–H and O–H groups in total. The van der Waals surface area contributed by atoms with Crippen LogP contribution in [0.2, 0.25) is 0 Å². The maximum absolute atomic E-state index is 11.5. The third-order valence-electron chi connectivity index (χ3n) is 2.25. The van der Waals surface area contributed by atoms with Gasteiger partial charge in [-0.25, -0.2) is 0 Å². The Labute approximate surface area is 104 Å². The van der Waals surface area contributed by atoms with Gasteiger partial charge in [-0.05, 0) is 26.8 Å². The van der Waals surface area contributed by atoms with Crippen LogP contribution in [0.5, 0.6) is 0 Å². The van der Waals surface area contributed by atoms with E-state index in [0.29, 0.717) is 19.0 Å². The van der Waals surface area contributed by atoms with Gasteiger partial charge >= 0.3 is 0 Å². The summed E-state index contributed by atoms with van der Waals surface area (Å²) in [5.41, 5.74) is 0. The Morgan fingerprint density at radius 2 is 1.82 bits per heavy atom. The van der Waals surface area contributed by atoms with Gasteiger partial charge in [0.05, 0.1) is 0 Å². The number of amides is 2. The monoisotopic (exact) mass is 243 g/mol. The molecule has 2 amide bonds. The molecule has 0 aromatic carbocycles. The summed E-state index contributed by atoms with van der Waals surface area (Å²) in [6, 6.07) is -0.0205. The lowest BCUT2D eigenvalue weighted by molar-refractivity contribution is -0.128. The number of rotatable bonds is 8. The summed E-state index contributed by atoms with van der Waals surface area (Å²) in [5, 5.41) is 8.58. The van der Waals surface area contributed by atoms with E-state index < -0.39 is 6.04 Å². The van der Waals surface area contributed by atoms with Gasteiger partial charge in [-0.2, -0.15) is 0 Å². The van der Waals surface area contributed by atoms with Crippen molar-refractivity contribution in [2.75, 3.05) is 13.1 Å². The second-order valence-corrected chi connectivity index (χ2v) is 4.40. The molecule has 0 aliphatic carbocycles. The third kappa shape index (κ3) is 8.68. The van der Waals surface area contributed by atoms with Crippen LogP contribution in [0.1, 0.15) is 40.5 Å². The second kappa shape index (κ2) is 8.98. The van der Waals surface area contributed by atoms with Crippen LogP contribution in [0, 0.1) is 0 Å². The molecule has 0 fully saturated rings. The van der Waals surface area contributed by atoms with Crippen LogP contribution in [0.3, 0.4) is 0 Å². The van der Waals surface area contributed by atoms with Crippen LogP contribution in [0.4, 0.5) is 0 Å². The highest BCUT2D eigenvalue weighted by molar-refractivity contribution is 5.87. The van der Waals surface area contributed by atoms with Crippen molar-refractivity contribution < 1.29 is 9.59 Å². The molecule has 17 heavy (non-hydrogen) atoms. The lowest BCUT2D eigenvalue weighted by Crippen LogP contribution is -2.44. The third-order valence-corrected chi connectivity index (χ3v) is 2.25. The van der Waals surface area contributed by atoms with E-state index in [1.54, 1.807) is 6.92 Å². The predicted octanol–water partition coefficient (Wildman–Crippen LogP) is 0.405. The van der Waals surface area contributed by atoms with Gasteiger partial charge in [-0.15, -0.1) is 0 Å². The van der Waals surface area contributed by atoms with Crippen molar-refractivity contribution >= 4 is 11.8 Å². The van der Waals surface area contributed by atoms with Crippen LogP contribution in [-0.4, -0.2) is 37.0 Å². The average Bonchev–Trinajstić information content (AvgIpc) is 2.24. The Bertz CT molecular complexity index is 242. The van der Waals surface area contributed by atoms with E-state index in [1.165, 1.54) is 0 Å². The topological polar surface area (TPSA) is 70.2 Å². The molecule has 0 bridgehead atoms. The molecule has 0 spiro atoms. The zero-order valence-electron chi connectivity index (χ0n) is 11.3. The molecule has 0 aliphatic heterocycles. The van der Waals surface area contributed by atoms with Crippen LogP contribution < -0.4 is 16.0 Å². The van der Waals surface area contributed by atoms with Crippen LogP contribution in [0.25, 0.3) is 0 Å². The highest BCUT2D eigenvalue weighted by Gasteiger charge is 2.13. The first-order chi connectivity index (χ1) is 7.97. The number of hydrogen-bond donors (Lipinski definition) is 3. The minimum atomic E-state index is -0.458. The fraction of sp³-hybridized carbons (Fsp3) is 0.833. The Morgan fingerprint density at radius 1 is 1.18 bits per heavy atom. The minimum Gasteiger partial charge on any atom is -0.355 e. The first-order valence-electron chi connectivity index (χ1n) is 6.27. The molecule has 0 rings (SSSR count). The van der Waals surface area contributed by atoms with Crippen molar-refractivity contribution in [1.29, 1.82) is 0 Å². The first-order valence-corrected chi connectivity index (χ1v) is 6.27. The van der Waals surface area contributed by atoms with Gasteiger partial charge in [-0.3, -0.25) is 9.59 Å². The van der Waals surface area contributed by atoms with Crippen molar-refractivity contribution in [3.05, 3.63) is 0 Å². The normalized spacial score (nSPS) is 12.3. The quantitative estimate of drug-likeness (QED) is 0.541. The molecule has 100 valence electrons. The zero-order valence-corrected chi connectivity index (χ0v) is 11.3. The van der Waals surface area contributed by atoms with Crippen molar-refractivity contribution in [3.63, 3.8) is 0 Å². The smallest absolute Gasteiger partial charge is 0.242 e. The number of carbonyl (C=O) groups excluding carboxylic acids is 2. The van der Waals surface area contributed by atoms with E-state index in [4.69, 9.17) is 0 Å². The molecular formula is C12H25N3O2. The van der Waals surface area contributed by atoms with E-state index >= 15 is 0 Å². The molecule has 0 aliphatic rings. The first kappa shape index (κ1) is 15.9. The van der Waals surface area contributed by atoms with Crippen molar-refractivity contribution in [2.45, 2.75) is 52.6 Å². The van der Waals surface area contributed by atoms with Gasteiger partial charge in [0.15, 0.2) is 0 Å². The number of hydrogen-bond acceptors (Lipinski definition) is 3. The summed E-state index contributed by atoms with van der Waals surface area (Å²) in [7, 11) is 0. The highest BCUT2D eigenvalue weighted by Crippen LogP contribution is 1.91. The SMILES string of the molecule is CCNC(=O)C(C)NC(=O)CCCNC(C)C. The minimum absolute atomic E-state index is 0.0747. The fourth-order valence-corrected chi connectivity index (χ4v) is 1.35. The fourth-order valence-electron chi connectivity index (χ4n) is 1.35. The Kier molecular flexibility index (Phi) is 8.40. The summed E-state index contributed by atoms with van der Waals surface area (Å²) >= 11 is 0. The molecule has 0 aromatic heterocycles. The molecule has 0 radical (unpaired) electrons. The lowest BCUT2D eigenvalue weighted by atomic mass is 10.2. The summed E-state index contributed by atoms with van der Waals surface area (Å²) in [6.45, 7) is 9.08. The van der Waals surface area contributed by atoms with Gasteiger partial charge in [0.1, 0.15) is 6.04 Å². The van der Waals surface area contributed by atoms with E-state index in [9.17, 15) is 9.59 Å². The standard InChI is InChI=1S/C12H25N3O2/c1-5-13-12(17)10(4)15-11(16)7-6-8-14-9(2)3/h9-10,14H,5-8H2,1-4H3,(H,13,17)(H,15,16). The Hall–Kier alpha value is -1.10. The molecule has 5 nitrogen and oxygen atoms in total. The molecule has 0 saturated carbocycles. The van der Waals surface area contributed by atoms with Crippen LogP contribution in [0.15, 0.2) is 0 Å². The van der Waals surface area contributed by atoms with E-state index in [2.05, 4.69) is 29.8 Å². The predicted molar refractivity (Wildman–Crippen MR) is 68.7 cm³/mol. The van der Waals surface area contributed by atoms with E-state index in [0.717, 1.165) is 13.0 Å². The number of carbonyl (C=O) groups is 2. The zero-order chi connectivity index (χ0) is 13.3. The van der Waals surface area contributed by atoms with Gasteiger partial charge < -0.3 is 16.0 Å². The maximum Gasteiger partial charge on any atom is 0.242 e. The largest absolute Gasteiger partial charge is 0.355 e. The molecule has 0 heterocycles. The summed E-state index contributed by atoms with van der Waals surface area (Å²) in [4.78, 5) is 22.8. The molecule has 0 saturated heterocycles. The number of likely N-dealkylation sites (N-methyl/N-ethyl adjacent to an activating group) is 1. The van der Waals surface area contributed by atoms with Crippen LogP contribution >= 0.6 is 0 Å². The Morgan fingerprint density at radius 3 is 2.35 bits per heavy atom. The lowest BCUT2D eigenvalue weighted by Gasteiger charge is -2.13. The van der Waals surface area contributed by atoms with Crippen molar-refractivity contribution in [2.24, 2.45) is 0 Å². The second-order valence-electron chi connectivity index (χ2n) is 4.40. The van der Waals surface area contributed by atoms with Crippen LogP contribution in [-0.2, 0) is 9.59 Å². The summed E-state index contributed by atoms with van der Waals surface area (Å²) in [6.07, 6.45) is 1.23. The molecule has 1 atom stereocenters. The van der Waals surface area contributed by atoms with Gasteiger partial charge in [0.25, 0.3) is 0 Å². The van der Waals surface area contributed by atoms with Gasteiger partial charge in [0.2, 0.25) is 11.8 Å². The van der Waals surface area contributed by atoms with E-state index in [-0.39, 0.29) is 11.8 Å².